The second-order valence-corrected chi connectivity index (χ2v) is 5.33. The smallest absolute Gasteiger partial charge is 0.129 e. The molecule has 94 valence electrons. The number of aromatic nitrogens is 1. The Morgan fingerprint density at radius 2 is 2.24 bits per heavy atom. The number of rotatable bonds is 3. The van der Waals surface area contributed by atoms with Gasteiger partial charge in [-0.2, -0.15) is 0 Å². The summed E-state index contributed by atoms with van der Waals surface area (Å²) < 4.78 is 0. The van der Waals surface area contributed by atoms with Gasteiger partial charge in [-0.3, -0.25) is 0 Å². The highest BCUT2D eigenvalue weighted by molar-refractivity contribution is 5.45. The molecular formula is C14H23N3. The van der Waals surface area contributed by atoms with Crippen LogP contribution in [0.1, 0.15) is 37.9 Å². The molecular weight excluding hydrogens is 210 g/mol. The lowest BCUT2D eigenvalue weighted by Crippen LogP contribution is -2.34. The number of nitrogens with two attached hydrogens (primary N) is 1. The first-order valence-electron chi connectivity index (χ1n) is 6.56. The van der Waals surface area contributed by atoms with Gasteiger partial charge < -0.3 is 10.6 Å². The van der Waals surface area contributed by atoms with Crippen molar-refractivity contribution in [3.63, 3.8) is 0 Å². The first-order valence-corrected chi connectivity index (χ1v) is 6.56. The van der Waals surface area contributed by atoms with Crippen LogP contribution in [0.3, 0.4) is 0 Å². The van der Waals surface area contributed by atoms with Gasteiger partial charge in [0, 0.05) is 24.8 Å². The number of hydrogen-bond donors (Lipinski definition) is 1. The fourth-order valence-corrected chi connectivity index (χ4v) is 2.76. The van der Waals surface area contributed by atoms with E-state index in [4.69, 9.17) is 5.73 Å². The van der Waals surface area contributed by atoms with Gasteiger partial charge in [-0.1, -0.05) is 13.8 Å². The summed E-state index contributed by atoms with van der Waals surface area (Å²) in [5, 5.41) is 0. The number of nitrogens with zero attached hydrogens (tertiary/aromatic N) is 2. The standard InChI is InChI=1S/C14H23N3/c1-10(2)13-5-4-6-17(13)14-8-12(9-15)7-11(3)16-14/h7-8,10,13H,4-6,9,15H2,1-3H3. The average molecular weight is 233 g/mol. The van der Waals surface area contributed by atoms with Crippen LogP contribution in [0.5, 0.6) is 0 Å². The Hall–Kier alpha value is -1.09. The molecule has 1 aliphatic rings. The topological polar surface area (TPSA) is 42.1 Å². The van der Waals surface area contributed by atoms with Crippen molar-refractivity contribution in [1.29, 1.82) is 0 Å². The van der Waals surface area contributed by atoms with Gasteiger partial charge in [0.25, 0.3) is 0 Å². The van der Waals surface area contributed by atoms with Gasteiger partial charge in [-0.25, -0.2) is 4.98 Å². The van der Waals surface area contributed by atoms with Gasteiger partial charge in [0.15, 0.2) is 0 Å². The van der Waals surface area contributed by atoms with E-state index >= 15 is 0 Å². The van der Waals surface area contributed by atoms with Crippen molar-refractivity contribution in [3.8, 4) is 0 Å². The van der Waals surface area contributed by atoms with E-state index in [9.17, 15) is 0 Å². The number of anilines is 1. The first-order chi connectivity index (χ1) is 8.11. The van der Waals surface area contributed by atoms with Gasteiger partial charge in [-0.15, -0.1) is 0 Å². The van der Waals surface area contributed by atoms with Crippen molar-refractivity contribution in [2.24, 2.45) is 11.7 Å². The van der Waals surface area contributed by atoms with Crippen LogP contribution in [0.4, 0.5) is 5.82 Å². The van der Waals surface area contributed by atoms with Crippen LogP contribution in [0.25, 0.3) is 0 Å². The van der Waals surface area contributed by atoms with E-state index in [2.05, 4.69) is 35.9 Å². The quantitative estimate of drug-likeness (QED) is 0.872. The third kappa shape index (κ3) is 2.60. The van der Waals surface area contributed by atoms with Gasteiger partial charge in [0.1, 0.15) is 5.82 Å². The molecule has 3 nitrogen and oxygen atoms in total. The lowest BCUT2D eigenvalue weighted by atomic mass is 10.0. The molecule has 0 saturated carbocycles. The second kappa shape index (κ2) is 5.05. The lowest BCUT2D eigenvalue weighted by Gasteiger charge is -2.29. The SMILES string of the molecule is Cc1cc(CN)cc(N2CCCC2C(C)C)n1. The number of hydrogen-bond acceptors (Lipinski definition) is 3. The highest BCUT2D eigenvalue weighted by atomic mass is 15.2. The summed E-state index contributed by atoms with van der Waals surface area (Å²) >= 11 is 0. The number of aryl methyl sites for hydroxylation is 1. The minimum Gasteiger partial charge on any atom is -0.353 e. The van der Waals surface area contributed by atoms with E-state index in [-0.39, 0.29) is 0 Å². The van der Waals surface area contributed by atoms with Crippen molar-refractivity contribution >= 4 is 5.82 Å². The molecule has 0 radical (unpaired) electrons. The van der Waals surface area contributed by atoms with Crippen LogP contribution in [0, 0.1) is 12.8 Å². The summed E-state index contributed by atoms with van der Waals surface area (Å²) in [5.74, 6) is 1.79. The molecule has 2 heterocycles. The van der Waals surface area contributed by atoms with E-state index in [0.717, 1.165) is 18.1 Å². The zero-order valence-corrected chi connectivity index (χ0v) is 11.1. The van der Waals surface area contributed by atoms with Crippen LogP contribution in [0.2, 0.25) is 0 Å². The van der Waals surface area contributed by atoms with E-state index in [1.165, 1.54) is 18.4 Å². The van der Waals surface area contributed by atoms with Crippen LogP contribution in [-0.4, -0.2) is 17.6 Å². The molecule has 1 atom stereocenters. The van der Waals surface area contributed by atoms with E-state index in [0.29, 0.717) is 18.5 Å². The Bertz CT molecular complexity index is 387. The zero-order valence-electron chi connectivity index (χ0n) is 11.1. The van der Waals surface area contributed by atoms with Crippen LogP contribution < -0.4 is 10.6 Å². The average Bonchev–Trinajstić information content (AvgIpc) is 2.77. The Morgan fingerprint density at radius 3 is 2.88 bits per heavy atom. The summed E-state index contributed by atoms with van der Waals surface area (Å²) in [7, 11) is 0. The Morgan fingerprint density at radius 1 is 1.47 bits per heavy atom. The molecule has 1 saturated heterocycles. The molecule has 17 heavy (non-hydrogen) atoms. The van der Waals surface area contributed by atoms with Crippen LogP contribution in [0.15, 0.2) is 12.1 Å². The predicted molar refractivity (Wildman–Crippen MR) is 72.1 cm³/mol. The summed E-state index contributed by atoms with van der Waals surface area (Å²) in [5.41, 5.74) is 7.98. The summed E-state index contributed by atoms with van der Waals surface area (Å²) in [6, 6.07) is 4.85. The van der Waals surface area contributed by atoms with Gasteiger partial charge >= 0.3 is 0 Å². The highest BCUT2D eigenvalue weighted by Crippen LogP contribution is 2.29. The minimum atomic E-state index is 0.594. The molecule has 0 aliphatic carbocycles. The van der Waals surface area contributed by atoms with E-state index in [1.807, 2.05) is 6.92 Å². The van der Waals surface area contributed by atoms with E-state index in [1.54, 1.807) is 0 Å². The molecule has 1 aromatic heterocycles. The highest BCUT2D eigenvalue weighted by Gasteiger charge is 2.28. The largest absolute Gasteiger partial charge is 0.353 e. The Balaban J connectivity index is 2.29. The molecule has 1 unspecified atom stereocenters. The zero-order chi connectivity index (χ0) is 12.4. The molecule has 0 bridgehead atoms. The monoisotopic (exact) mass is 233 g/mol. The van der Waals surface area contributed by atoms with Crippen molar-refractivity contribution < 1.29 is 0 Å². The molecule has 0 aromatic carbocycles. The molecule has 3 heteroatoms. The van der Waals surface area contributed by atoms with Crippen LogP contribution in [-0.2, 0) is 6.54 Å². The van der Waals surface area contributed by atoms with E-state index < -0.39 is 0 Å². The third-order valence-corrected chi connectivity index (χ3v) is 3.60. The van der Waals surface area contributed by atoms with Crippen molar-refractivity contribution in [2.75, 3.05) is 11.4 Å². The Labute approximate surface area is 104 Å². The second-order valence-electron chi connectivity index (χ2n) is 5.33. The predicted octanol–water partition coefficient (Wildman–Crippen LogP) is 2.47. The van der Waals surface area contributed by atoms with Crippen molar-refractivity contribution in [1.82, 2.24) is 4.98 Å². The van der Waals surface area contributed by atoms with Crippen molar-refractivity contribution in [2.45, 2.75) is 46.2 Å². The van der Waals surface area contributed by atoms with Gasteiger partial charge in [-0.05, 0) is 43.4 Å². The first kappa shape index (κ1) is 12.4. The number of pyridine rings is 1. The molecule has 0 spiro atoms. The maximum atomic E-state index is 5.73. The third-order valence-electron chi connectivity index (χ3n) is 3.60. The summed E-state index contributed by atoms with van der Waals surface area (Å²) in [6.07, 6.45) is 2.56. The van der Waals surface area contributed by atoms with Gasteiger partial charge in [0.05, 0.1) is 0 Å². The fraction of sp³-hybridized carbons (Fsp3) is 0.643. The fourth-order valence-electron chi connectivity index (χ4n) is 2.76. The maximum Gasteiger partial charge on any atom is 0.129 e. The maximum absolute atomic E-state index is 5.73. The van der Waals surface area contributed by atoms with Crippen molar-refractivity contribution in [3.05, 3.63) is 23.4 Å². The Kier molecular flexibility index (Phi) is 3.67. The molecule has 1 fully saturated rings. The molecule has 1 aliphatic heterocycles. The molecule has 2 N–H and O–H groups in total. The molecule has 1 aromatic rings. The normalized spacial score (nSPS) is 20.3. The molecule has 2 rings (SSSR count). The van der Waals surface area contributed by atoms with Gasteiger partial charge in [0.2, 0.25) is 0 Å². The minimum absolute atomic E-state index is 0.594. The lowest BCUT2D eigenvalue weighted by molar-refractivity contribution is 0.489. The van der Waals surface area contributed by atoms with Crippen LogP contribution >= 0.6 is 0 Å². The summed E-state index contributed by atoms with van der Waals surface area (Å²) in [6.45, 7) is 8.36. The molecule has 0 amide bonds. The summed E-state index contributed by atoms with van der Waals surface area (Å²) in [4.78, 5) is 7.12.